The van der Waals surface area contributed by atoms with Crippen LogP contribution in [0.4, 0.5) is 0 Å². The van der Waals surface area contributed by atoms with Crippen LogP contribution in [0.2, 0.25) is 5.02 Å². The highest BCUT2D eigenvalue weighted by molar-refractivity contribution is 6.31. The van der Waals surface area contributed by atoms with E-state index in [0.29, 0.717) is 6.54 Å². The van der Waals surface area contributed by atoms with Gasteiger partial charge in [0, 0.05) is 17.5 Å². The smallest absolute Gasteiger partial charge is 0.326 e. The molecule has 1 aliphatic carbocycles. The van der Waals surface area contributed by atoms with Crippen molar-refractivity contribution in [1.82, 2.24) is 5.32 Å². The second-order valence-corrected chi connectivity index (χ2v) is 4.79. The number of carbonyl (C=O) groups excluding carboxylic acids is 1. The second-order valence-electron chi connectivity index (χ2n) is 4.39. The molecule has 0 amide bonds. The van der Waals surface area contributed by atoms with Crippen LogP contribution in [-0.4, -0.2) is 18.6 Å². The van der Waals surface area contributed by atoms with E-state index < -0.39 is 5.54 Å². The highest BCUT2D eigenvalue weighted by Crippen LogP contribution is 2.57. The van der Waals surface area contributed by atoms with Crippen LogP contribution in [0, 0.1) is 0 Å². The van der Waals surface area contributed by atoms with E-state index in [1.54, 1.807) is 0 Å². The number of ether oxygens (including phenoxy) is 1. The van der Waals surface area contributed by atoms with E-state index >= 15 is 0 Å². The predicted molar refractivity (Wildman–Crippen MR) is 60.4 cm³/mol. The topological polar surface area (TPSA) is 38.3 Å². The minimum atomic E-state index is -0.507. The van der Waals surface area contributed by atoms with Crippen molar-refractivity contribution < 1.29 is 9.53 Å². The van der Waals surface area contributed by atoms with Crippen LogP contribution in [0.15, 0.2) is 18.2 Å². The lowest BCUT2D eigenvalue weighted by Gasteiger charge is -2.24. The van der Waals surface area contributed by atoms with Crippen molar-refractivity contribution >= 4 is 17.6 Å². The molecule has 1 N–H and O–H groups in total. The molecule has 2 atom stereocenters. The first-order chi connectivity index (χ1) is 7.69. The molecule has 4 heteroatoms. The Kier molecular flexibility index (Phi) is 2.03. The summed E-state index contributed by atoms with van der Waals surface area (Å²) in [6, 6.07) is 5.87. The summed E-state index contributed by atoms with van der Waals surface area (Å²) in [6.45, 7) is 0.682. The van der Waals surface area contributed by atoms with E-state index in [2.05, 4.69) is 5.32 Å². The highest BCUT2D eigenvalue weighted by atomic mass is 35.5. The van der Waals surface area contributed by atoms with Crippen LogP contribution >= 0.6 is 11.6 Å². The van der Waals surface area contributed by atoms with Gasteiger partial charge < -0.3 is 4.74 Å². The third-order valence-corrected chi connectivity index (χ3v) is 3.93. The molecule has 16 heavy (non-hydrogen) atoms. The Hall–Kier alpha value is -1.06. The Morgan fingerprint density at radius 3 is 3.19 bits per heavy atom. The molecule has 1 heterocycles. The summed E-state index contributed by atoms with van der Waals surface area (Å²) in [4.78, 5) is 11.7. The monoisotopic (exact) mass is 237 g/mol. The molecule has 1 aliphatic heterocycles. The third kappa shape index (κ3) is 1.16. The van der Waals surface area contributed by atoms with Gasteiger partial charge in [-0.05, 0) is 23.6 Å². The largest absolute Gasteiger partial charge is 0.468 e. The Labute approximate surface area is 98.7 Å². The minimum absolute atomic E-state index is 0.178. The summed E-state index contributed by atoms with van der Waals surface area (Å²) in [5.41, 5.74) is 1.80. The molecule has 1 aromatic carbocycles. The fourth-order valence-corrected chi connectivity index (χ4v) is 2.99. The molecule has 0 spiro atoms. The van der Waals surface area contributed by atoms with E-state index in [-0.39, 0.29) is 11.9 Å². The lowest BCUT2D eigenvalue weighted by molar-refractivity contribution is -0.144. The molecule has 0 bridgehead atoms. The van der Waals surface area contributed by atoms with Gasteiger partial charge in [-0.2, -0.15) is 0 Å². The van der Waals surface area contributed by atoms with Gasteiger partial charge in [-0.25, -0.2) is 0 Å². The standard InChI is InChI=1S/C12H12ClNO2/c1-16-11(15)12-5-8(12)10-7(6-14-12)3-2-4-9(10)13/h2-4,8,14H,5-6H2,1H3/t8-,12-/m0/s1. The van der Waals surface area contributed by atoms with Crippen molar-refractivity contribution in [1.29, 1.82) is 0 Å². The van der Waals surface area contributed by atoms with Crippen LogP contribution < -0.4 is 5.32 Å². The third-order valence-electron chi connectivity index (χ3n) is 3.60. The van der Waals surface area contributed by atoms with Crippen molar-refractivity contribution in [2.75, 3.05) is 7.11 Å². The van der Waals surface area contributed by atoms with E-state index in [9.17, 15) is 4.79 Å². The summed E-state index contributed by atoms with van der Waals surface area (Å²) >= 11 is 6.19. The molecule has 3 nitrogen and oxygen atoms in total. The molecule has 0 aromatic heterocycles. The summed E-state index contributed by atoms with van der Waals surface area (Å²) in [5, 5.41) is 4.03. The number of benzene rings is 1. The van der Waals surface area contributed by atoms with Gasteiger partial charge in [-0.15, -0.1) is 0 Å². The van der Waals surface area contributed by atoms with E-state index in [1.807, 2.05) is 18.2 Å². The number of halogens is 1. The number of hydrogen-bond acceptors (Lipinski definition) is 3. The van der Waals surface area contributed by atoms with Gasteiger partial charge in [0.05, 0.1) is 7.11 Å². The number of methoxy groups -OCH3 is 1. The van der Waals surface area contributed by atoms with Crippen molar-refractivity contribution in [3.8, 4) is 0 Å². The Bertz CT molecular complexity index is 474. The molecule has 0 unspecified atom stereocenters. The van der Waals surface area contributed by atoms with Crippen LogP contribution in [0.1, 0.15) is 23.5 Å². The average molecular weight is 238 g/mol. The zero-order chi connectivity index (χ0) is 11.3. The lowest BCUT2D eigenvalue weighted by Crippen LogP contribution is -2.43. The summed E-state index contributed by atoms with van der Waals surface area (Å²) in [7, 11) is 1.43. The molecule has 3 rings (SSSR count). The fraction of sp³-hybridized carbons (Fsp3) is 0.417. The van der Waals surface area contributed by atoms with E-state index in [4.69, 9.17) is 16.3 Å². The number of carbonyl (C=O) groups is 1. The molecular weight excluding hydrogens is 226 g/mol. The molecule has 1 saturated carbocycles. The molecule has 0 radical (unpaired) electrons. The van der Waals surface area contributed by atoms with Crippen molar-refractivity contribution in [3.05, 3.63) is 34.3 Å². The first kappa shape index (κ1) is 10.1. The van der Waals surface area contributed by atoms with E-state index in [0.717, 1.165) is 17.0 Å². The quantitative estimate of drug-likeness (QED) is 0.758. The van der Waals surface area contributed by atoms with Crippen molar-refractivity contribution in [2.24, 2.45) is 0 Å². The Morgan fingerprint density at radius 2 is 2.44 bits per heavy atom. The molecule has 84 valence electrons. The summed E-state index contributed by atoms with van der Waals surface area (Å²) in [5.74, 6) is 0.000435. The van der Waals surface area contributed by atoms with Crippen LogP contribution in [0.3, 0.4) is 0 Å². The second kappa shape index (κ2) is 3.22. The minimum Gasteiger partial charge on any atom is -0.468 e. The van der Waals surface area contributed by atoms with Gasteiger partial charge in [-0.3, -0.25) is 10.1 Å². The summed E-state index contributed by atoms with van der Waals surface area (Å²) < 4.78 is 4.84. The first-order valence-electron chi connectivity index (χ1n) is 5.30. The molecule has 1 aromatic rings. The van der Waals surface area contributed by atoms with E-state index in [1.165, 1.54) is 12.7 Å². The van der Waals surface area contributed by atoms with Gasteiger partial charge in [0.25, 0.3) is 0 Å². The number of fused-ring (bicyclic) bond motifs is 3. The number of rotatable bonds is 1. The normalized spacial score (nSPS) is 30.2. The molecule has 1 fully saturated rings. The van der Waals surface area contributed by atoms with Gasteiger partial charge >= 0.3 is 5.97 Å². The number of hydrogen-bond donors (Lipinski definition) is 1. The maximum Gasteiger partial charge on any atom is 0.326 e. The zero-order valence-electron chi connectivity index (χ0n) is 8.92. The van der Waals surface area contributed by atoms with Crippen molar-refractivity contribution in [3.63, 3.8) is 0 Å². The zero-order valence-corrected chi connectivity index (χ0v) is 9.67. The average Bonchev–Trinajstić information content (AvgIpc) is 3.04. The molecule has 2 aliphatic rings. The Balaban J connectivity index is 2.04. The first-order valence-corrected chi connectivity index (χ1v) is 5.67. The van der Waals surface area contributed by atoms with Crippen molar-refractivity contribution in [2.45, 2.75) is 24.4 Å². The maximum atomic E-state index is 11.7. The predicted octanol–water partition coefficient (Wildman–Crippen LogP) is 1.84. The Morgan fingerprint density at radius 1 is 1.62 bits per heavy atom. The molecular formula is C12H12ClNO2. The summed E-state index contributed by atoms with van der Waals surface area (Å²) in [6.07, 6.45) is 0.788. The van der Waals surface area contributed by atoms with Gasteiger partial charge in [0.1, 0.15) is 5.54 Å². The van der Waals surface area contributed by atoms with Gasteiger partial charge in [-0.1, -0.05) is 23.7 Å². The SMILES string of the molecule is COC(=O)[C@]12C[C@H]1c1c(Cl)cccc1CN2. The molecule has 0 saturated heterocycles. The van der Waals surface area contributed by atoms with Crippen LogP contribution in [-0.2, 0) is 16.1 Å². The van der Waals surface area contributed by atoms with Crippen LogP contribution in [0.25, 0.3) is 0 Å². The number of nitrogens with one attached hydrogen (secondary N) is 1. The van der Waals surface area contributed by atoms with Gasteiger partial charge in [0.15, 0.2) is 0 Å². The fourth-order valence-electron chi connectivity index (χ4n) is 2.67. The number of esters is 1. The maximum absolute atomic E-state index is 11.7. The van der Waals surface area contributed by atoms with Crippen LogP contribution in [0.5, 0.6) is 0 Å². The lowest BCUT2D eigenvalue weighted by atomic mass is 9.96. The highest BCUT2D eigenvalue weighted by Gasteiger charge is 2.64. The van der Waals surface area contributed by atoms with Gasteiger partial charge in [0.2, 0.25) is 0 Å².